The van der Waals surface area contributed by atoms with Gasteiger partial charge in [-0.05, 0) is 17.9 Å². The molecule has 7 nitrogen and oxygen atoms in total. The number of halogens is 3. The van der Waals surface area contributed by atoms with Crippen LogP contribution in [0, 0.1) is 0 Å². The monoisotopic (exact) mass is 430 g/mol. The Hall–Kier alpha value is -2.24. The van der Waals surface area contributed by atoms with Crippen LogP contribution in [0.5, 0.6) is 0 Å². The van der Waals surface area contributed by atoms with Crippen molar-refractivity contribution in [2.24, 2.45) is 0 Å². The Morgan fingerprint density at radius 1 is 1.45 bits per heavy atom. The van der Waals surface area contributed by atoms with E-state index in [1.165, 1.54) is 4.88 Å². The molecule has 0 aromatic carbocycles. The zero-order valence-electron chi connectivity index (χ0n) is 15.4. The molecular formula is C18H21F3N4O3S. The lowest BCUT2D eigenvalue weighted by atomic mass is 9.97. The number of carbonyl (C=O) groups is 1. The van der Waals surface area contributed by atoms with Crippen LogP contribution >= 0.6 is 11.3 Å². The van der Waals surface area contributed by atoms with Crippen molar-refractivity contribution < 1.29 is 27.8 Å². The fraction of sp³-hybridized carbons (Fsp3) is 0.500. The van der Waals surface area contributed by atoms with Crippen molar-refractivity contribution >= 4 is 23.1 Å². The normalized spacial score (nSPS) is 24.3. The van der Waals surface area contributed by atoms with E-state index in [9.17, 15) is 13.2 Å². The lowest BCUT2D eigenvalue weighted by Crippen LogP contribution is -2.33. The van der Waals surface area contributed by atoms with Gasteiger partial charge in [0.05, 0.1) is 24.4 Å². The number of rotatable bonds is 4. The smallest absolute Gasteiger partial charge is 0.475 e. The number of nitrogens with one attached hydrogen (secondary N) is 1. The first-order valence-electron chi connectivity index (χ1n) is 8.97. The Bertz CT molecular complexity index is 791. The van der Waals surface area contributed by atoms with Crippen LogP contribution in [0.2, 0.25) is 0 Å². The third-order valence-corrected chi connectivity index (χ3v) is 5.58. The number of hydrogen-bond acceptors (Lipinski definition) is 7. The molecule has 29 heavy (non-hydrogen) atoms. The van der Waals surface area contributed by atoms with Crippen LogP contribution in [-0.4, -0.2) is 63.5 Å². The van der Waals surface area contributed by atoms with Crippen LogP contribution < -0.4 is 5.32 Å². The van der Waals surface area contributed by atoms with Gasteiger partial charge in [0.2, 0.25) is 0 Å². The van der Waals surface area contributed by atoms with Crippen LogP contribution in [0.4, 0.5) is 19.0 Å². The summed E-state index contributed by atoms with van der Waals surface area (Å²) in [5.41, 5.74) is 0.0249. The van der Waals surface area contributed by atoms with Crippen molar-refractivity contribution in [2.45, 2.75) is 37.2 Å². The Morgan fingerprint density at radius 2 is 2.24 bits per heavy atom. The maximum absolute atomic E-state index is 10.6. The van der Waals surface area contributed by atoms with Crippen LogP contribution in [0.15, 0.2) is 36.1 Å². The van der Waals surface area contributed by atoms with E-state index in [2.05, 4.69) is 37.7 Å². The number of carboxylic acids is 1. The first kappa shape index (κ1) is 21.5. The molecule has 4 heterocycles. The lowest BCUT2D eigenvalue weighted by Gasteiger charge is -2.23. The molecule has 11 heteroatoms. The zero-order valence-corrected chi connectivity index (χ0v) is 16.2. The van der Waals surface area contributed by atoms with Gasteiger partial charge in [-0.2, -0.15) is 13.2 Å². The third kappa shape index (κ3) is 6.12. The molecular weight excluding hydrogens is 409 g/mol. The molecule has 2 saturated heterocycles. The molecule has 2 aliphatic heterocycles. The van der Waals surface area contributed by atoms with Gasteiger partial charge in [-0.15, -0.1) is 11.3 Å². The molecule has 2 N–H and O–H groups in total. The summed E-state index contributed by atoms with van der Waals surface area (Å²) in [5.74, 6) is -1.92. The summed E-state index contributed by atoms with van der Waals surface area (Å²) in [4.78, 5) is 21.2. The van der Waals surface area contributed by atoms with E-state index in [-0.39, 0.29) is 5.60 Å². The summed E-state index contributed by atoms with van der Waals surface area (Å²) in [6.45, 7) is 3.95. The first-order valence-corrected chi connectivity index (χ1v) is 9.85. The lowest BCUT2D eigenvalue weighted by molar-refractivity contribution is -0.192. The number of ether oxygens (including phenoxy) is 1. The second kappa shape index (κ2) is 9.06. The topological polar surface area (TPSA) is 87.6 Å². The average molecular weight is 430 g/mol. The summed E-state index contributed by atoms with van der Waals surface area (Å²) >= 11 is 1.83. The second-order valence-electron chi connectivity index (χ2n) is 6.97. The van der Waals surface area contributed by atoms with Crippen molar-refractivity contribution in [1.29, 1.82) is 0 Å². The maximum atomic E-state index is 10.6. The van der Waals surface area contributed by atoms with Crippen LogP contribution in [0.1, 0.15) is 17.7 Å². The number of likely N-dealkylation sites (tertiary alicyclic amines) is 1. The van der Waals surface area contributed by atoms with E-state index in [1.807, 2.05) is 11.3 Å². The van der Waals surface area contributed by atoms with Crippen LogP contribution in [-0.2, 0) is 16.1 Å². The van der Waals surface area contributed by atoms with Gasteiger partial charge in [-0.3, -0.25) is 9.88 Å². The quantitative estimate of drug-likeness (QED) is 0.771. The number of aliphatic carboxylic acids is 1. The Kier molecular flexibility index (Phi) is 6.70. The third-order valence-electron chi connectivity index (χ3n) is 4.72. The molecule has 0 radical (unpaired) electrons. The number of nitrogens with zero attached hydrogens (tertiary/aromatic N) is 3. The van der Waals surface area contributed by atoms with Crippen LogP contribution in [0.25, 0.3) is 0 Å². The highest BCUT2D eigenvalue weighted by Crippen LogP contribution is 2.36. The van der Waals surface area contributed by atoms with Crippen molar-refractivity contribution in [1.82, 2.24) is 14.9 Å². The molecule has 2 unspecified atom stereocenters. The highest BCUT2D eigenvalue weighted by atomic mass is 32.1. The minimum Gasteiger partial charge on any atom is -0.475 e. The minimum atomic E-state index is -5.08. The Morgan fingerprint density at radius 3 is 2.86 bits per heavy atom. The number of alkyl halides is 3. The standard InChI is InChI=1S/C16H20N4OS.C2HF3O2/c1-2-14(22-7-1)10-20-6-3-16(12-20)8-13(11-21-16)19-15-9-17-4-5-18-15;3-2(4,5)1(6)7/h1-2,4-5,7,9,13H,3,6,8,10-12H2,(H,18,19);(H,6,7). The first-order chi connectivity index (χ1) is 13.8. The number of anilines is 1. The Labute approximate surface area is 169 Å². The maximum Gasteiger partial charge on any atom is 0.490 e. The van der Waals surface area contributed by atoms with Gasteiger partial charge >= 0.3 is 12.1 Å². The molecule has 2 aromatic rings. The van der Waals surface area contributed by atoms with E-state index in [4.69, 9.17) is 14.6 Å². The van der Waals surface area contributed by atoms with Gasteiger partial charge in [-0.1, -0.05) is 6.07 Å². The molecule has 4 rings (SSSR count). The largest absolute Gasteiger partial charge is 0.490 e. The minimum absolute atomic E-state index is 0.0249. The van der Waals surface area contributed by atoms with Crippen molar-refractivity contribution in [3.63, 3.8) is 0 Å². The van der Waals surface area contributed by atoms with E-state index in [0.29, 0.717) is 6.04 Å². The summed E-state index contributed by atoms with van der Waals surface area (Å²) in [7, 11) is 0. The van der Waals surface area contributed by atoms with Crippen LogP contribution in [0.3, 0.4) is 0 Å². The van der Waals surface area contributed by atoms with Crippen molar-refractivity contribution in [2.75, 3.05) is 25.0 Å². The highest BCUT2D eigenvalue weighted by Gasteiger charge is 2.45. The van der Waals surface area contributed by atoms with Gasteiger partial charge in [0.25, 0.3) is 0 Å². The molecule has 1 spiro atoms. The van der Waals surface area contributed by atoms with E-state index in [0.717, 1.165) is 44.9 Å². The molecule has 158 valence electrons. The highest BCUT2D eigenvalue weighted by molar-refractivity contribution is 7.09. The number of aromatic nitrogens is 2. The number of thiophene rings is 1. The van der Waals surface area contributed by atoms with Gasteiger partial charge in [-0.25, -0.2) is 9.78 Å². The molecule has 0 aliphatic carbocycles. The summed E-state index contributed by atoms with van der Waals surface area (Å²) in [6.07, 6.45) is 2.26. The van der Waals surface area contributed by atoms with E-state index >= 15 is 0 Å². The summed E-state index contributed by atoms with van der Waals surface area (Å²) < 4.78 is 37.9. The fourth-order valence-electron chi connectivity index (χ4n) is 3.49. The van der Waals surface area contributed by atoms with Gasteiger partial charge in [0.1, 0.15) is 5.82 Å². The summed E-state index contributed by atoms with van der Waals surface area (Å²) in [5, 5.41) is 12.7. The molecule has 0 amide bonds. The van der Waals surface area contributed by atoms with Gasteiger partial charge < -0.3 is 15.2 Å². The zero-order chi connectivity index (χ0) is 20.9. The molecule has 2 aliphatic rings. The van der Waals surface area contributed by atoms with E-state index in [1.54, 1.807) is 18.6 Å². The average Bonchev–Trinajstić information content (AvgIpc) is 3.40. The Balaban J connectivity index is 0.000000298. The van der Waals surface area contributed by atoms with Gasteiger partial charge in [0.15, 0.2) is 0 Å². The molecule has 0 saturated carbocycles. The molecule has 2 aromatic heterocycles. The summed E-state index contributed by atoms with van der Waals surface area (Å²) in [6, 6.07) is 4.67. The predicted octanol–water partition coefficient (Wildman–Crippen LogP) is 3.02. The molecule has 2 atom stereocenters. The van der Waals surface area contributed by atoms with Crippen molar-refractivity contribution in [3.8, 4) is 0 Å². The second-order valence-corrected chi connectivity index (χ2v) is 8.01. The number of hydrogen-bond donors (Lipinski definition) is 2. The molecule has 2 fully saturated rings. The predicted molar refractivity (Wildman–Crippen MR) is 101 cm³/mol. The fourth-order valence-corrected chi connectivity index (χ4v) is 4.24. The number of carboxylic acid groups (broad SMARTS) is 1. The molecule has 0 bridgehead atoms. The van der Waals surface area contributed by atoms with Crippen molar-refractivity contribution in [3.05, 3.63) is 41.0 Å². The van der Waals surface area contributed by atoms with Gasteiger partial charge in [0, 0.05) is 43.3 Å². The SMILES string of the molecule is O=C(O)C(F)(F)F.c1csc(CN2CCC3(CC(Nc4cnccn4)CO3)C2)c1. The van der Waals surface area contributed by atoms with E-state index < -0.39 is 12.1 Å².